The molecule has 1 N–H and O–H groups in total. The lowest BCUT2D eigenvalue weighted by atomic mass is 10.1. The van der Waals surface area contributed by atoms with E-state index in [9.17, 15) is 4.79 Å². The van der Waals surface area contributed by atoms with Gasteiger partial charge in [-0.25, -0.2) is 0 Å². The molecule has 1 fully saturated rings. The normalized spacial score (nSPS) is 22.9. The summed E-state index contributed by atoms with van der Waals surface area (Å²) < 4.78 is 5.74. The minimum absolute atomic E-state index is 0.0997. The van der Waals surface area contributed by atoms with Gasteiger partial charge in [0.2, 0.25) is 5.91 Å². The third-order valence-corrected chi connectivity index (χ3v) is 3.90. The molecule has 0 radical (unpaired) electrons. The summed E-state index contributed by atoms with van der Waals surface area (Å²) in [6.07, 6.45) is -0.135. The number of hydrogen-bond acceptors (Lipinski definition) is 3. The molecular weight excluding hydrogens is 288 g/mol. The van der Waals surface area contributed by atoms with Crippen LogP contribution >= 0.6 is 11.6 Å². The number of ether oxygens (including phenoxy) is 1. The smallest absolute Gasteiger partial charge is 0.241 e. The summed E-state index contributed by atoms with van der Waals surface area (Å²) in [6, 6.07) is 7.40. The number of rotatable bonds is 5. The highest BCUT2D eigenvalue weighted by molar-refractivity contribution is 6.30. The molecule has 1 aliphatic heterocycles. The number of nitrogens with zero attached hydrogens (tertiary/aromatic N) is 1. The van der Waals surface area contributed by atoms with Crippen LogP contribution in [0.5, 0.6) is 0 Å². The van der Waals surface area contributed by atoms with Crippen LogP contribution in [0.15, 0.2) is 24.3 Å². The second-order valence-electron chi connectivity index (χ2n) is 6.00. The van der Waals surface area contributed by atoms with Crippen molar-refractivity contribution in [2.24, 2.45) is 0 Å². The predicted octanol–water partition coefficient (Wildman–Crippen LogP) is 2.97. The lowest BCUT2D eigenvalue weighted by Gasteiger charge is -2.33. The summed E-state index contributed by atoms with van der Waals surface area (Å²) in [6.45, 7) is 9.04. The van der Waals surface area contributed by atoms with Crippen molar-refractivity contribution < 1.29 is 9.53 Å². The Labute approximate surface area is 131 Å². The van der Waals surface area contributed by atoms with E-state index in [1.54, 1.807) is 0 Å². The molecule has 2 atom stereocenters. The van der Waals surface area contributed by atoms with Crippen LogP contribution in [0.4, 0.5) is 0 Å². The van der Waals surface area contributed by atoms with Crippen molar-refractivity contribution in [2.45, 2.75) is 45.5 Å². The summed E-state index contributed by atoms with van der Waals surface area (Å²) in [4.78, 5) is 14.3. The molecule has 2 unspecified atom stereocenters. The number of halogens is 1. The molecule has 5 heteroatoms. The Balaban J connectivity index is 2.22. The summed E-state index contributed by atoms with van der Waals surface area (Å²) in [7, 11) is 0. The molecular formula is C16H23ClN2O2. The van der Waals surface area contributed by atoms with E-state index >= 15 is 0 Å². The maximum atomic E-state index is 12.4. The Kier molecular flexibility index (Phi) is 4.91. The van der Waals surface area contributed by atoms with E-state index in [0.717, 1.165) is 5.56 Å². The maximum absolute atomic E-state index is 12.4. The van der Waals surface area contributed by atoms with Gasteiger partial charge < -0.3 is 9.64 Å². The van der Waals surface area contributed by atoms with Gasteiger partial charge >= 0.3 is 0 Å². The molecule has 1 heterocycles. The Morgan fingerprint density at radius 1 is 1.33 bits per heavy atom. The Morgan fingerprint density at radius 3 is 2.52 bits per heavy atom. The van der Waals surface area contributed by atoms with Gasteiger partial charge in [-0.15, -0.1) is 0 Å². The first-order chi connectivity index (χ1) is 9.84. The van der Waals surface area contributed by atoms with E-state index in [2.05, 4.69) is 5.32 Å². The highest BCUT2D eigenvalue weighted by Gasteiger charge is 2.39. The first-order valence-corrected chi connectivity index (χ1v) is 7.68. The highest BCUT2D eigenvalue weighted by atomic mass is 35.5. The topological polar surface area (TPSA) is 41.6 Å². The van der Waals surface area contributed by atoms with E-state index in [1.165, 1.54) is 0 Å². The number of carbonyl (C=O) groups excluding carboxylic acids is 1. The van der Waals surface area contributed by atoms with Crippen molar-refractivity contribution in [1.29, 1.82) is 0 Å². The Hall–Kier alpha value is -1.10. The number of carbonyl (C=O) groups is 1. The fourth-order valence-electron chi connectivity index (χ4n) is 2.71. The average molecular weight is 311 g/mol. The lowest BCUT2D eigenvalue weighted by molar-refractivity contribution is -0.134. The highest BCUT2D eigenvalue weighted by Crippen LogP contribution is 2.28. The number of nitrogens with one attached hydrogen (secondary N) is 1. The van der Waals surface area contributed by atoms with E-state index in [-0.39, 0.29) is 23.7 Å². The average Bonchev–Trinajstić information content (AvgIpc) is 2.67. The van der Waals surface area contributed by atoms with Crippen LogP contribution in [-0.4, -0.2) is 35.6 Å². The van der Waals surface area contributed by atoms with E-state index in [1.807, 2.05) is 56.9 Å². The van der Waals surface area contributed by atoms with Gasteiger partial charge in [0.1, 0.15) is 6.17 Å². The second kappa shape index (κ2) is 6.34. The molecule has 116 valence electrons. The summed E-state index contributed by atoms with van der Waals surface area (Å²) >= 11 is 5.94. The maximum Gasteiger partial charge on any atom is 0.241 e. The quantitative estimate of drug-likeness (QED) is 0.909. The minimum atomic E-state index is -0.374. The number of amides is 1. The van der Waals surface area contributed by atoms with E-state index in [4.69, 9.17) is 16.3 Å². The lowest BCUT2D eigenvalue weighted by Crippen LogP contribution is -2.43. The zero-order chi connectivity index (χ0) is 15.6. The van der Waals surface area contributed by atoms with E-state index in [0.29, 0.717) is 18.2 Å². The molecule has 1 aliphatic rings. The molecule has 2 rings (SSSR count). The van der Waals surface area contributed by atoms with Gasteiger partial charge in [-0.3, -0.25) is 10.1 Å². The minimum Gasteiger partial charge on any atom is -0.374 e. The molecule has 4 nitrogen and oxygen atoms in total. The van der Waals surface area contributed by atoms with Crippen molar-refractivity contribution in [2.75, 3.05) is 13.2 Å². The van der Waals surface area contributed by atoms with Crippen LogP contribution in [0.25, 0.3) is 0 Å². The van der Waals surface area contributed by atoms with Crippen LogP contribution in [0, 0.1) is 0 Å². The third kappa shape index (κ3) is 3.76. The fourth-order valence-corrected chi connectivity index (χ4v) is 2.84. The summed E-state index contributed by atoms with van der Waals surface area (Å²) in [5, 5.41) is 4.02. The van der Waals surface area contributed by atoms with E-state index < -0.39 is 0 Å². The van der Waals surface area contributed by atoms with Crippen LogP contribution < -0.4 is 5.32 Å². The SMILES string of the molecule is CCOC(C)(C)CN1C(=O)C(C)NC1c1ccc(Cl)cc1. The molecule has 1 saturated heterocycles. The number of hydrogen-bond donors (Lipinski definition) is 1. The first kappa shape index (κ1) is 16.3. The Morgan fingerprint density at radius 2 is 1.95 bits per heavy atom. The fraction of sp³-hybridized carbons (Fsp3) is 0.562. The van der Waals surface area contributed by atoms with Crippen LogP contribution in [-0.2, 0) is 9.53 Å². The van der Waals surface area contributed by atoms with Gasteiger partial charge in [-0.1, -0.05) is 23.7 Å². The van der Waals surface area contributed by atoms with Crippen LogP contribution in [0.2, 0.25) is 5.02 Å². The molecule has 0 saturated carbocycles. The number of benzene rings is 1. The van der Waals surface area contributed by atoms with Crippen molar-refractivity contribution >= 4 is 17.5 Å². The van der Waals surface area contributed by atoms with Crippen molar-refractivity contribution in [3.05, 3.63) is 34.9 Å². The molecule has 1 aromatic rings. The predicted molar refractivity (Wildman–Crippen MR) is 84.2 cm³/mol. The van der Waals surface area contributed by atoms with Gasteiger partial charge in [0.15, 0.2) is 0 Å². The van der Waals surface area contributed by atoms with Gasteiger partial charge in [0.05, 0.1) is 18.2 Å². The van der Waals surface area contributed by atoms with Gasteiger partial charge in [0, 0.05) is 11.6 Å². The van der Waals surface area contributed by atoms with Crippen LogP contribution in [0.1, 0.15) is 39.4 Å². The van der Waals surface area contributed by atoms with Crippen molar-refractivity contribution in [1.82, 2.24) is 10.2 Å². The van der Waals surface area contributed by atoms with Gasteiger partial charge in [-0.2, -0.15) is 0 Å². The Bertz CT molecular complexity index is 502. The third-order valence-electron chi connectivity index (χ3n) is 3.64. The molecule has 0 aromatic heterocycles. The van der Waals surface area contributed by atoms with Gasteiger partial charge in [0.25, 0.3) is 0 Å². The first-order valence-electron chi connectivity index (χ1n) is 7.30. The molecule has 1 aromatic carbocycles. The largest absolute Gasteiger partial charge is 0.374 e. The van der Waals surface area contributed by atoms with Gasteiger partial charge in [-0.05, 0) is 45.4 Å². The molecule has 0 aliphatic carbocycles. The zero-order valence-electron chi connectivity index (χ0n) is 13.0. The molecule has 21 heavy (non-hydrogen) atoms. The molecule has 0 spiro atoms. The monoisotopic (exact) mass is 310 g/mol. The van der Waals surface area contributed by atoms with Crippen LogP contribution in [0.3, 0.4) is 0 Å². The zero-order valence-corrected chi connectivity index (χ0v) is 13.8. The molecule has 0 bridgehead atoms. The van der Waals surface area contributed by atoms with Crippen molar-refractivity contribution in [3.63, 3.8) is 0 Å². The van der Waals surface area contributed by atoms with Crippen molar-refractivity contribution in [3.8, 4) is 0 Å². The summed E-state index contributed by atoms with van der Waals surface area (Å²) in [5.74, 6) is 0.0997. The second-order valence-corrected chi connectivity index (χ2v) is 6.44. The summed E-state index contributed by atoms with van der Waals surface area (Å²) in [5.41, 5.74) is 0.658. The standard InChI is InChI=1S/C16H23ClN2O2/c1-5-21-16(3,4)10-19-14(18-11(2)15(19)20)12-6-8-13(17)9-7-12/h6-9,11,14,18H,5,10H2,1-4H3. The molecule has 1 amide bonds.